The van der Waals surface area contributed by atoms with Crippen molar-refractivity contribution in [3.05, 3.63) is 18.0 Å². The number of hydrogen-bond acceptors (Lipinski definition) is 3. The second-order valence-electron chi connectivity index (χ2n) is 3.01. The van der Waals surface area contributed by atoms with Crippen LogP contribution >= 0.6 is 0 Å². The van der Waals surface area contributed by atoms with Crippen LogP contribution in [0, 0.1) is 0 Å². The molecule has 14 heavy (non-hydrogen) atoms. The Balaban J connectivity index is 2.56. The molecule has 0 aromatic carbocycles. The van der Waals surface area contributed by atoms with Crippen molar-refractivity contribution in [2.45, 2.75) is 13.3 Å². The third-order valence-corrected chi connectivity index (χ3v) is 2.05. The van der Waals surface area contributed by atoms with Crippen LogP contribution in [0.3, 0.4) is 0 Å². The minimum absolute atomic E-state index is 0.00898. The quantitative estimate of drug-likeness (QED) is 0.707. The van der Waals surface area contributed by atoms with Gasteiger partial charge >= 0.3 is 0 Å². The van der Waals surface area contributed by atoms with Gasteiger partial charge in [-0.15, -0.1) is 0 Å². The molecule has 3 N–H and O–H groups in total. The lowest BCUT2D eigenvalue weighted by atomic mass is 10.3. The maximum Gasteiger partial charge on any atom is 0.257 e. The van der Waals surface area contributed by atoms with E-state index in [0.29, 0.717) is 25.2 Å². The Hall–Kier alpha value is -1.36. The molecule has 0 bridgehead atoms. The van der Waals surface area contributed by atoms with Crippen LogP contribution in [0.5, 0.6) is 0 Å². The number of carbonyl (C=O) groups excluding carboxylic acids is 1. The van der Waals surface area contributed by atoms with E-state index in [1.54, 1.807) is 11.1 Å². The van der Waals surface area contributed by atoms with Crippen molar-refractivity contribution in [3.8, 4) is 0 Å². The maximum atomic E-state index is 11.8. The van der Waals surface area contributed by atoms with Crippen molar-refractivity contribution in [1.82, 2.24) is 15.1 Å². The van der Waals surface area contributed by atoms with Crippen LogP contribution in [0.2, 0.25) is 0 Å². The molecule has 0 aliphatic rings. The summed E-state index contributed by atoms with van der Waals surface area (Å²) in [7, 11) is 0. The lowest BCUT2D eigenvalue weighted by Crippen LogP contribution is -2.32. The molecule has 5 nitrogen and oxygen atoms in total. The molecule has 0 fully saturated rings. The molecule has 0 unspecified atom stereocenters. The van der Waals surface area contributed by atoms with Gasteiger partial charge in [-0.2, -0.15) is 5.10 Å². The summed E-state index contributed by atoms with van der Waals surface area (Å²) in [5.41, 5.74) is 5.99. The van der Waals surface area contributed by atoms with E-state index in [0.717, 1.165) is 6.42 Å². The number of aromatic amines is 1. The molecule has 1 amide bonds. The average Bonchev–Trinajstić information content (AvgIpc) is 2.71. The number of nitrogens with zero attached hydrogens (tertiary/aromatic N) is 2. The smallest absolute Gasteiger partial charge is 0.257 e. The number of nitrogens with one attached hydrogen (secondary N) is 1. The van der Waals surface area contributed by atoms with Gasteiger partial charge in [0.05, 0.1) is 11.8 Å². The highest BCUT2D eigenvalue weighted by atomic mass is 16.2. The second kappa shape index (κ2) is 5.39. The fourth-order valence-corrected chi connectivity index (χ4v) is 1.24. The minimum Gasteiger partial charge on any atom is -0.339 e. The predicted octanol–water partition coefficient (Wildman–Crippen LogP) is 0.221. The summed E-state index contributed by atoms with van der Waals surface area (Å²) in [6.45, 7) is 3.96. The average molecular weight is 196 g/mol. The Morgan fingerprint density at radius 2 is 2.50 bits per heavy atom. The van der Waals surface area contributed by atoms with Crippen LogP contribution in [0.1, 0.15) is 23.7 Å². The third-order valence-electron chi connectivity index (χ3n) is 2.05. The molecule has 0 atom stereocenters. The van der Waals surface area contributed by atoms with Gasteiger partial charge < -0.3 is 10.6 Å². The van der Waals surface area contributed by atoms with Crippen LogP contribution < -0.4 is 5.73 Å². The molecule has 0 saturated carbocycles. The van der Waals surface area contributed by atoms with Gasteiger partial charge in [0.15, 0.2) is 0 Å². The normalized spacial score (nSPS) is 10.1. The van der Waals surface area contributed by atoms with Crippen molar-refractivity contribution in [2.75, 3.05) is 19.6 Å². The zero-order valence-electron chi connectivity index (χ0n) is 8.36. The number of nitrogens with two attached hydrogens (primary N) is 1. The first-order valence-electron chi connectivity index (χ1n) is 4.77. The molecule has 0 spiro atoms. The first-order valence-corrected chi connectivity index (χ1v) is 4.77. The summed E-state index contributed by atoms with van der Waals surface area (Å²) in [5, 5.41) is 6.37. The van der Waals surface area contributed by atoms with E-state index in [9.17, 15) is 4.79 Å². The largest absolute Gasteiger partial charge is 0.339 e. The zero-order chi connectivity index (χ0) is 10.4. The molecule has 1 rings (SSSR count). The van der Waals surface area contributed by atoms with Crippen LogP contribution in [0.25, 0.3) is 0 Å². The van der Waals surface area contributed by atoms with Crippen LogP contribution in [0.4, 0.5) is 0 Å². The third kappa shape index (κ3) is 2.56. The monoisotopic (exact) mass is 196 g/mol. The van der Waals surface area contributed by atoms with Crippen LogP contribution in [0.15, 0.2) is 12.4 Å². The lowest BCUT2D eigenvalue weighted by molar-refractivity contribution is 0.0763. The molecule has 1 aromatic rings. The highest BCUT2D eigenvalue weighted by molar-refractivity contribution is 5.93. The molecular formula is C9H16N4O. The summed E-state index contributed by atoms with van der Waals surface area (Å²) < 4.78 is 0. The summed E-state index contributed by atoms with van der Waals surface area (Å²) in [6, 6.07) is 0. The number of H-pyrrole nitrogens is 1. The zero-order valence-corrected chi connectivity index (χ0v) is 8.36. The van der Waals surface area contributed by atoms with E-state index in [2.05, 4.69) is 10.2 Å². The molecule has 0 saturated heterocycles. The summed E-state index contributed by atoms with van der Waals surface area (Å²) >= 11 is 0. The number of aromatic nitrogens is 2. The number of hydrogen-bond donors (Lipinski definition) is 2. The minimum atomic E-state index is 0.00898. The van der Waals surface area contributed by atoms with Crippen LogP contribution in [-0.2, 0) is 0 Å². The molecule has 78 valence electrons. The van der Waals surface area contributed by atoms with E-state index in [4.69, 9.17) is 5.73 Å². The molecule has 0 aliphatic heterocycles. The van der Waals surface area contributed by atoms with Gasteiger partial charge in [-0.05, 0) is 19.9 Å². The molecule has 1 aromatic heterocycles. The Labute approximate surface area is 83.3 Å². The first kappa shape index (κ1) is 10.7. The fourth-order valence-electron chi connectivity index (χ4n) is 1.24. The number of carbonyl (C=O) groups is 1. The maximum absolute atomic E-state index is 11.8. The summed E-state index contributed by atoms with van der Waals surface area (Å²) in [5.74, 6) is 0.00898. The second-order valence-corrected chi connectivity index (χ2v) is 3.01. The predicted molar refractivity (Wildman–Crippen MR) is 53.8 cm³/mol. The van der Waals surface area contributed by atoms with Crippen molar-refractivity contribution >= 4 is 5.91 Å². The van der Waals surface area contributed by atoms with Gasteiger partial charge in [0.1, 0.15) is 0 Å². The van der Waals surface area contributed by atoms with Crippen molar-refractivity contribution in [2.24, 2.45) is 5.73 Å². The topological polar surface area (TPSA) is 75.0 Å². The molecule has 0 radical (unpaired) electrons. The van der Waals surface area contributed by atoms with E-state index in [1.165, 1.54) is 6.20 Å². The highest BCUT2D eigenvalue weighted by Gasteiger charge is 2.13. The van der Waals surface area contributed by atoms with Crippen molar-refractivity contribution in [3.63, 3.8) is 0 Å². The van der Waals surface area contributed by atoms with E-state index < -0.39 is 0 Å². The SMILES string of the molecule is CCN(CCCN)C(=O)c1cn[nH]c1. The van der Waals surface area contributed by atoms with Gasteiger partial charge in [-0.3, -0.25) is 9.89 Å². The standard InChI is InChI=1S/C9H16N4O/c1-2-13(5-3-4-10)9(14)8-6-11-12-7-8/h6-7H,2-5,10H2,1H3,(H,11,12). The first-order chi connectivity index (χ1) is 6.79. The molecular weight excluding hydrogens is 180 g/mol. The van der Waals surface area contributed by atoms with Gasteiger partial charge in [0, 0.05) is 19.3 Å². The highest BCUT2D eigenvalue weighted by Crippen LogP contribution is 2.02. The molecule has 0 aliphatic carbocycles. The van der Waals surface area contributed by atoms with Crippen molar-refractivity contribution < 1.29 is 4.79 Å². The van der Waals surface area contributed by atoms with E-state index in [-0.39, 0.29) is 5.91 Å². The fraction of sp³-hybridized carbons (Fsp3) is 0.556. The van der Waals surface area contributed by atoms with E-state index >= 15 is 0 Å². The Morgan fingerprint density at radius 1 is 1.71 bits per heavy atom. The van der Waals surface area contributed by atoms with Crippen molar-refractivity contribution in [1.29, 1.82) is 0 Å². The lowest BCUT2D eigenvalue weighted by Gasteiger charge is -2.19. The summed E-state index contributed by atoms with van der Waals surface area (Å²) in [4.78, 5) is 13.5. The Morgan fingerprint density at radius 3 is 3.00 bits per heavy atom. The molecule has 1 heterocycles. The Bertz CT molecular complexity index is 270. The van der Waals surface area contributed by atoms with Gasteiger partial charge in [0.25, 0.3) is 5.91 Å². The van der Waals surface area contributed by atoms with Gasteiger partial charge in [-0.25, -0.2) is 0 Å². The molecule has 5 heteroatoms. The summed E-state index contributed by atoms with van der Waals surface area (Å²) in [6.07, 6.45) is 3.97. The van der Waals surface area contributed by atoms with Gasteiger partial charge in [0.2, 0.25) is 0 Å². The van der Waals surface area contributed by atoms with Gasteiger partial charge in [-0.1, -0.05) is 0 Å². The van der Waals surface area contributed by atoms with Crippen LogP contribution in [-0.4, -0.2) is 40.6 Å². The number of amides is 1. The van der Waals surface area contributed by atoms with E-state index in [1.807, 2.05) is 6.92 Å². The Kier molecular flexibility index (Phi) is 4.12. The number of rotatable bonds is 5.